The molecule has 2 heterocycles. The van der Waals surface area contributed by atoms with Crippen LogP contribution in [0.25, 0.3) is 0 Å². The Labute approximate surface area is 103 Å². The molecule has 18 heavy (non-hydrogen) atoms. The highest BCUT2D eigenvalue weighted by Crippen LogP contribution is 2.36. The van der Waals surface area contributed by atoms with E-state index >= 15 is 0 Å². The maximum absolute atomic E-state index is 11.6. The van der Waals surface area contributed by atoms with Crippen LogP contribution >= 0.6 is 0 Å². The van der Waals surface area contributed by atoms with Gasteiger partial charge in [-0.15, -0.1) is 0 Å². The Morgan fingerprint density at radius 2 is 2.50 bits per heavy atom. The number of aliphatic hydroxyl groups is 2. The number of hydrogen-bond acceptors (Lipinski definition) is 7. The molecule has 0 amide bonds. The zero-order chi connectivity index (χ0) is 13.3. The van der Waals surface area contributed by atoms with E-state index in [9.17, 15) is 15.0 Å². The molecule has 1 fully saturated rings. The topological polar surface area (TPSA) is 120 Å². The van der Waals surface area contributed by atoms with Crippen LogP contribution in [0.15, 0.2) is 17.1 Å². The van der Waals surface area contributed by atoms with Gasteiger partial charge in [-0.3, -0.25) is 4.57 Å². The minimum atomic E-state index is -1.51. The predicted molar refractivity (Wildman–Crippen MR) is 60.5 cm³/mol. The van der Waals surface area contributed by atoms with Gasteiger partial charge < -0.3 is 25.4 Å². The van der Waals surface area contributed by atoms with Crippen molar-refractivity contribution in [3.63, 3.8) is 0 Å². The third-order valence-corrected chi connectivity index (χ3v) is 3.00. The van der Waals surface area contributed by atoms with E-state index in [1.165, 1.54) is 23.9 Å². The van der Waals surface area contributed by atoms with Crippen LogP contribution in [-0.4, -0.2) is 45.4 Å². The summed E-state index contributed by atoms with van der Waals surface area (Å²) in [7, 11) is 1.31. The lowest BCUT2D eigenvalue weighted by molar-refractivity contribution is -0.269. The summed E-state index contributed by atoms with van der Waals surface area (Å²) in [5.41, 5.74) is 4.79. The number of aromatic nitrogens is 2. The number of anilines is 1. The Balaban J connectivity index is 2.30. The second-order valence-electron chi connectivity index (χ2n) is 4.04. The molecule has 3 atom stereocenters. The average Bonchev–Trinajstić information content (AvgIpc) is 2.67. The molecule has 100 valence electrons. The molecule has 8 heteroatoms. The van der Waals surface area contributed by atoms with Crippen LogP contribution < -0.4 is 11.4 Å². The van der Waals surface area contributed by atoms with E-state index in [2.05, 4.69) is 4.98 Å². The van der Waals surface area contributed by atoms with Crippen molar-refractivity contribution in [2.75, 3.05) is 19.5 Å². The molecular weight excluding hydrogens is 242 g/mol. The van der Waals surface area contributed by atoms with Crippen molar-refractivity contribution in [3.8, 4) is 0 Å². The Morgan fingerprint density at radius 1 is 1.78 bits per heavy atom. The maximum Gasteiger partial charge on any atom is 0.351 e. The molecule has 2 rings (SSSR count). The third-order valence-electron chi connectivity index (χ3n) is 3.00. The van der Waals surface area contributed by atoms with Gasteiger partial charge in [-0.05, 0) is 6.07 Å². The zero-order valence-corrected chi connectivity index (χ0v) is 9.81. The van der Waals surface area contributed by atoms with Gasteiger partial charge in [0.2, 0.25) is 5.79 Å². The Kier molecular flexibility index (Phi) is 3.35. The van der Waals surface area contributed by atoms with E-state index < -0.39 is 30.4 Å². The van der Waals surface area contributed by atoms with Gasteiger partial charge in [-0.25, -0.2) is 4.79 Å². The molecule has 0 aliphatic carbocycles. The highest BCUT2D eigenvalue weighted by molar-refractivity contribution is 5.23. The van der Waals surface area contributed by atoms with Crippen LogP contribution in [-0.2, 0) is 9.47 Å². The summed E-state index contributed by atoms with van der Waals surface area (Å²) in [5.74, 6) is -1.40. The maximum atomic E-state index is 11.6. The molecule has 1 aromatic rings. The smallest absolute Gasteiger partial charge is 0.351 e. The predicted octanol–water partition coefficient (Wildman–Crippen LogP) is -1.56. The quantitative estimate of drug-likeness (QED) is 0.599. The summed E-state index contributed by atoms with van der Waals surface area (Å²) in [6.07, 6.45) is -0.264. The first-order valence-corrected chi connectivity index (χ1v) is 5.39. The van der Waals surface area contributed by atoms with Crippen molar-refractivity contribution >= 4 is 5.82 Å². The summed E-state index contributed by atoms with van der Waals surface area (Å²) in [6, 6.07) is 1.45. The summed E-state index contributed by atoms with van der Waals surface area (Å²) in [5, 5.41) is 19.1. The lowest BCUT2D eigenvalue weighted by Gasteiger charge is -2.28. The summed E-state index contributed by atoms with van der Waals surface area (Å²) in [6.45, 7) is -0.516. The molecule has 8 nitrogen and oxygen atoms in total. The monoisotopic (exact) mass is 257 g/mol. The van der Waals surface area contributed by atoms with Crippen molar-refractivity contribution < 1.29 is 19.7 Å². The fourth-order valence-electron chi connectivity index (χ4n) is 1.93. The normalized spacial score (nSPS) is 31.7. The van der Waals surface area contributed by atoms with E-state index in [0.717, 1.165) is 0 Å². The number of ether oxygens (including phenoxy) is 2. The molecule has 1 saturated heterocycles. The number of rotatable bonds is 3. The first-order chi connectivity index (χ1) is 8.52. The fraction of sp³-hybridized carbons (Fsp3) is 0.600. The largest absolute Gasteiger partial charge is 0.391 e. The van der Waals surface area contributed by atoms with Gasteiger partial charge in [0.15, 0.2) is 0 Å². The number of methoxy groups -OCH3 is 1. The number of aliphatic hydroxyl groups excluding tert-OH is 2. The van der Waals surface area contributed by atoms with Crippen LogP contribution in [0.2, 0.25) is 0 Å². The van der Waals surface area contributed by atoms with E-state index in [4.69, 9.17) is 15.2 Å². The zero-order valence-electron chi connectivity index (χ0n) is 9.81. The van der Waals surface area contributed by atoms with Gasteiger partial charge in [0.25, 0.3) is 0 Å². The minimum Gasteiger partial charge on any atom is -0.391 e. The number of hydrogen-bond donors (Lipinski definition) is 3. The highest BCUT2D eigenvalue weighted by Gasteiger charge is 2.49. The van der Waals surface area contributed by atoms with E-state index in [1.54, 1.807) is 0 Å². The Bertz CT molecular complexity index is 485. The molecule has 0 unspecified atom stereocenters. The van der Waals surface area contributed by atoms with Crippen molar-refractivity contribution in [3.05, 3.63) is 22.7 Å². The summed E-state index contributed by atoms with van der Waals surface area (Å²) < 4.78 is 11.6. The SMILES string of the molecule is CO[C@]1(CO)O[C@@H](n2ccc(N)nc2=O)C[C@@H]1O. The average molecular weight is 257 g/mol. The molecule has 0 bridgehead atoms. The molecule has 0 radical (unpaired) electrons. The van der Waals surface area contributed by atoms with Crippen molar-refractivity contribution in [2.45, 2.75) is 24.5 Å². The molecule has 1 aliphatic heterocycles. The first kappa shape index (κ1) is 13.0. The van der Waals surface area contributed by atoms with Gasteiger partial charge in [0.05, 0.1) is 6.61 Å². The summed E-state index contributed by atoms with van der Waals surface area (Å²) >= 11 is 0. The number of nitrogens with two attached hydrogens (primary N) is 1. The van der Waals surface area contributed by atoms with Crippen molar-refractivity contribution in [2.24, 2.45) is 0 Å². The molecule has 4 N–H and O–H groups in total. The molecular formula is C10H15N3O5. The van der Waals surface area contributed by atoms with Gasteiger partial charge in [-0.1, -0.05) is 0 Å². The number of nitrogen functional groups attached to an aromatic ring is 1. The van der Waals surface area contributed by atoms with Gasteiger partial charge in [-0.2, -0.15) is 4.98 Å². The van der Waals surface area contributed by atoms with Crippen LogP contribution in [0.1, 0.15) is 12.6 Å². The Hall–Kier alpha value is -1.48. The second kappa shape index (κ2) is 4.65. The first-order valence-electron chi connectivity index (χ1n) is 5.39. The standard InChI is InChI=1S/C10H15N3O5/c1-17-10(5-14)6(15)4-8(18-10)13-3-2-7(11)12-9(13)16/h2-3,6,8,14-15H,4-5H2,1H3,(H2,11,12,16)/t6-,8+,10+/m0/s1. The lowest BCUT2D eigenvalue weighted by Crippen LogP contribution is -2.45. The second-order valence-corrected chi connectivity index (χ2v) is 4.04. The fourth-order valence-corrected chi connectivity index (χ4v) is 1.93. The van der Waals surface area contributed by atoms with Crippen LogP contribution in [0.5, 0.6) is 0 Å². The van der Waals surface area contributed by atoms with Gasteiger partial charge in [0.1, 0.15) is 18.1 Å². The minimum absolute atomic E-state index is 0.106. The number of nitrogens with zero attached hydrogens (tertiary/aromatic N) is 2. The van der Waals surface area contributed by atoms with Gasteiger partial charge in [0, 0.05) is 19.7 Å². The third kappa shape index (κ3) is 1.99. The highest BCUT2D eigenvalue weighted by atomic mass is 16.7. The van der Waals surface area contributed by atoms with Crippen molar-refractivity contribution in [1.29, 1.82) is 0 Å². The molecule has 1 aliphatic rings. The van der Waals surface area contributed by atoms with Gasteiger partial charge >= 0.3 is 5.69 Å². The summed E-state index contributed by atoms with van der Waals surface area (Å²) in [4.78, 5) is 15.2. The molecule has 0 spiro atoms. The van der Waals surface area contributed by atoms with E-state index in [0.29, 0.717) is 0 Å². The van der Waals surface area contributed by atoms with E-state index in [1.807, 2.05) is 0 Å². The van der Waals surface area contributed by atoms with Crippen LogP contribution in [0.4, 0.5) is 5.82 Å². The Morgan fingerprint density at radius 3 is 3.00 bits per heavy atom. The van der Waals surface area contributed by atoms with Crippen LogP contribution in [0, 0.1) is 0 Å². The van der Waals surface area contributed by atoms with Crippen LogP contribution in [0.3, 0.4) is 0 Å². The molecule has 0 aromatic carbocycles. The lowest BCUT2D eigenvalue weighted by atomic mass is 10.1. The van der Waals surface area contributed by atoms with Crippen molar-refractivity contribution in [1.82, 2.24) is 9.55 Å². The molecule has 1 aromatic heterocycles. The van der Waals surface area contributed by atoms with E-state index in [-0.39, 0.29) is 12.2 Å². The molecule has 0 saturated carbocycles.